The maximum atomic E-state index is 13.5. The highest BCUT2D eigenvalue weighted by molar-refractivity contribution is 9.11. The Kier molecular flexibility index (Phi) is 5.98. The van der Waals surface area contributed by atoms with Crippen molar-refractivity contribution in [2.75, 3.05) is 18.4 Å². The van der Waals surface area contributed by atoms with Crippen LogP contribution in [0.2, 0.25) is 0 Å². The van der Waals surface area contributed by atoms with Crippen LogP contribution in [-0.4, -0.2) is 33.9 Å². The highest BCUT2D eigenvalue weighted by Gasteiger charge is 2.39. The van der Waals surface area contributed by atoms with Crippen LogP contribution in [0.15, 0.2) is 40.7 Å². The number of alkyl halides is 3. The van der Waals surface area contributed by atoms with Gasteiger partial charge in [-0.15, -0.1) is 0 Å². The first-order chi connectivity index (χ1) is 12.8. The summed E-state index contributed by atoms with van der Waals surface area (Å²) in [6, 6.07) is 0. The minimum absolute atomic E-state index is 0.206. The van der Waals surface area contributed by atoms with Crippen LogP contribution in [0.5, 0.6) is 0 Å². The lowest BCUT2D eigenvalue weighted by Gasteiger charge is -2.27. The molecule has 27 heavy (non-hydrogen) atoms. The second-order valence-electron chi connectivity index (χ2n) is 6.26. The van der Waals surface area contributed by atoms with Gasteiger partial charge in [-0.2, -0.15) is 13.2 Å². The maximum absolute atomic E-state index is 13.5. The summed E-state index contributed by atoms with van der Waals surface area (Å²) in [4.78, 5) is 21.5. The third-order valence-electron chi connectivity index (χ3n) is 4.23. The SMILES string of the molecule is O=C(c1cnc(NC2=CCC=CC(Br)=C2)nc1C(F)(F)F)N1CCCCC1. The Balaban J connectivity index is 1.89. The molecule has 0 atom stereocenters. The van der Waals surface area contributed by atoms with E-state index >= 15 is 0 Å². The number of carbonyl (C=O) groups is 1. The predicted octanol–water partition coefficient (Wildman–Crippen LogP) is 4.66. The summed E-state index contributed by atoms with van der Waals surface area (Å²) < 4.78 is 41.4. The average molecular weight is 443 g/mol. The number of anilines is 1. The molecule has 3 rings (SSSR count). The third-order valence-corrected chi connectivity index (χ3v) is 4.72. The number of amides is 1. The highest BCUT2D eigenvalue weighted by atomic mass is 79.9. The zero-order valence-electron chi connectivity index (χ0n) is 14.4. The van der Waals surface area contributed by atoms with E-state index in [4.69, 9.17) is 0 Å². The van der Waals surface area contributed by atoms with Gasteiger partial charge in [-0.3, -0.25) is 4.79 Å². The predicted molar refractivity (Wildman–Crippen MR) is 99.3 cm³/mol. The minimum atomic E-state index is -4.75. The zero-order chi connectivity index (χ0) is 19.4. The number of allylic oxidation sites excluding steroid dienone is 5. The first-order valence-electron chi connectivity index (χ1n) is 8.59. The Hall–Kier alpha value is -2.16. The van der Waals surface area contributed by atoms with E-state index in [-0.39, 0.29) is 5.95 Å². The van der Waals surface area contributed by atoms with E-state index < -0.39 is 23.3 Å². The highest BCUT2D eigenvalue weighted by Crippen LogP contribution is 2.32. The lowest BCUT2D eigenvalue weighted by Crippen LogP contribution is -2.37. The molecule has 0 bridgehead atoms. The van der Waals surface area contributed by atoms with Crippen molar-refractivity contribution in [3.05, 3.63) is 51.9 Å². The summed E-state index contributed by atoms with van der Waals surface area (Å²) in [5, 5.41) is 2.78. The van der Waals surface area contributed by atoms with Gasteiger partial charge in [0.2, 0.25) is 5.95 Å². The summed E-state index contributed by atoms with van der Waals surface area (Å²) >= 11 is 3.34. The molecule has 9 heteroatoms. The van der Waals surface area contributed by atoms with Crippen molar-refractivity contribution < 1.29 is 18.0 Å². The number of nitrogens with zero attached hydrogens (tertiary/aromatic N) is 3. The summed E-state index contributed by atoms with van der Waals surface area (Å²) in [7, 11) is 0. The number of rotatable bonds is 3. The molecule has 1 N–H and O–H groups in total. The quantitative estimate of drug-likeness (QED) is 0.739. The molecule has 0 saturated carbocycles. The van der Waals surface area contributed by atoms with Gasteiger partial charge in [0, 0.05) is 29.5 Å². The van der Waals surface area contributed by atoms with Crippen LogP contribution >= 0.6 is 15.9 Å². The van der Waals surface area contributed by atoms with Crippen molar-refractivity contribution in [2.45, 2.75) is 31.9 Å². The lowest BCUT2D eigenvalue weighted by molar-refractivity contribution is -0.141. The van der Waals surface area contributed by atoms with Crippen molar-refractivity contribution in [2.24, 2.45) is 0 Å². The molecule has 144 valence electrons. The van der Waals surface area contributed by atoms with Crippen LogP contribution in [0.25, 0.3) is 0 Å². The van der Waals surface area contributed by atoms with Crippen molar-refractivity contribution in [3.63, 3.8) is 0 Å². The molecule has 1 aliphatic carbocycles. The lowest BCUT2D eigenvalue weighted by atomic mass is 10.1. The van der Waals surface area contributed by atoms with Crippen LogP contribution in [-0.2, 0) is 6.18 Å². The number of piperidine rings is 1. The number of hydrogen-bond donors (Lipinski definition) is 1. The first kappa shape index (κ1) is 19.6. The topological polar surface area (TPSA) is 58.1 Å². The van der Waals surface area contributed by atoms with Crippen LogP contribution in [0.1, 0.15) is 41.7 Å². The van der Waals surface area contributed by atoms with Crippen LogP contribution in [0.3, 0.4) is 0 Å². The Morgan fingerprint density at radius 3 is 2.67 bits per heavy atom. The molecular formula is C18H18BrF3N4O. The summed E-state index contributed by atoms with van der Waals surface area (Å²) in [5.74, 6) is -0.878. The number of nitrogens with one attached hydrogen (secondary N) is 1. The molecule has 0 spiro atoms. The summed E-state index contributed by atoms with van der Waals surface area (Å²) in [6.07, 6.45) is 6.63. The number of hydrogen-bond acceptors (Lipinski definition) is 4. The Morgan fingerprint density at radius 1 is 1.22 bits per heavy atom. The van der Waals surface area contributed by atoms with Crippen molar-refractivity contribution in [1.82, 2.24) is 14.9 Å². The molecule has 1 fully saturated rings. The van der Waals surface area contributed by atoms with Gasteiger partial charge >= 0.3 is 6.18 Å². The molecule has 0 radical (unpaired) electrons. The molecule has 1 saturated heterocycles. The van der Waals surface area contributed by atoms with Crippen LogP contribution < -0.4 is 5.32 Å². The first-order valence-corrected chi connectivity index (χ1v) is 9.38. The fourth-order valence-corrected chi connectivity index (χ4v) is 3.36. The molecule has 2 aliphatic rings. The number of carbonyl (C=O) groups excluding carboxylic acids is 1. The van der Waals surface area contributed by atoms with E-state index in [0.29, 0.717) is 25.2 Å². The molecule has 1 amide bonds. The number of aromatic nitrogens is 2. The standard InChI is InChI=1S/C18H18BrF3N4O/c19-12-6-2-3-7-13(10-12)24-17-23-11-14(15(25-17)18(20,21)22)16(27)26-8-4-1-5-9-26/h2,6-7,10-11H,1,3-5,8-9H2,(H,23,24,25). The molecular weight excluding hydrogens is 425 g/mol. The normalized spacial score (nSPS) is 17.9. The van der Waals surface area contributed by atoms with Gasteiger partial charge in [-0.1, -0.05) is 34.2 Å². The largest absolute Gasteiger partial charge is 0.434 e. The van der Waals surface area contributed by atoms with Gasteiger partial charge in [0.1, 0.15) is 0 Å². The molecule has 2 heterocycles. The second kappa shape index (κ2) is 8.24. The Labute approximate surface area is 163 Å². The van der Waals surface area contributed by atoms with Gasteiger partial charge in [0.05, 0.1) is 5.56 Å². The van der Waals surface area contributed by atoms with E-state index in [9.17, 15) is 18.0 Å². The Morgan fingerprint density at radius 2 is 1.96 bits per heavy atom. The van der Waals surface area contributed by atoms with Crippen molar-refractivity contribution in [3.8, 4) is 0 Å². The fraction of sp³-hybridized carbons (Fsp3) is 0.389. The fourth-order valence-electron chi connectivity index (χ4n) is 2.93. The Bertz CT molecular complexity index is 811. The van der Waals surface area contributed by atoms with Crippen molar-refractivity contribution >= 4 is 27.8 Å². The van der Waals surface area contributed by atoms with E-state index in [1.807, 2.05) is 12.2 Å². The molecule has 1 aliphatic heterocycles. The van der Waals surface area contributed by atoms with Crippen LogP contribution in [0, 0.1) is 0 Å². The summed E-state index contributed by atoms with van der Waals surface area (Å²) in [5.41, 5.74) is -1.16. The van der Waals surface area contributed by atoms with Gasteiger partial charge in [-0.05, 0) is 31.8 Å². The maximum Gasteiger partial charge on any atom is 0.434 e. The molecule has 5 nitrogen and oxygen atoms in total. The zero-order valence-corrected chi connectivity index (χ0v) is 16.0. The third kappa shape index (κ3) is 4.97. The molecule has 1 aromatic rings. The monoisotopic (exact) mass is 442 g/mol. The average Bonchev–Trinajstić information content (AvgIpc) is 2.85. The van der Waals surface area contributed by atoms with Gasteiger partial charge in [-0.25, -0.2) is 9.97 Å². The molecule has 1 aromatic heterocycles. The molecule has 0 unspecified atom stereocenters. The van der Waals surface area contributed by atoms with E-state index in [0.717, 1.165) is 29.9 Å². The van der Waals surface area contributed by atoms with E-state index in [1.165, 1.54) is 4.90 Å². The van der Waals surface area contributed by atoms with E-state index in [1.54, 1.807) is 12.2 Å². The van der Waals surface area contributed by atoms with Gasteiger partial charge in [0.25, 0.3) is 5.91 Å². The number of likely N-dealkylation sites (tertiary alicyclic amines) is 1. The van der Waals surface area contributed by atoms with Crippen LogP contribution in [0.4, 0.5) is 19.1 Å². The number of halogens is 4. The minimum Gasteiger partial charge on any atom is -0.339 e. The van der Waals surface area contributed by atoms with Crippen molar-refractivity contribution in [1.29, 1.82) is 0 Å². The second-order valence-corrected chi connectivity index (χ2v) is 7.17. The molecule has 0 aromatic carbocycles. The van der Waals surface area contributed by atoms with E-state index in [2.05, 4.69) is 31.2 Å². The smallest absolute Gasteiger partial charge is 0.339 e. The van der Waals surface area contributed by atoms with Gasteiger partial charge in [0.15, 0.2) is 5.69 Å². The summed E-state index contributed by atoms with van der Waals surface area (Å²) in [6.45, 7) is 0.906. The van der Waals surface area contributed by atoms with Gasteiger partial charge < -0.3 is 10.2 Å².